The van der Waals surface area contributed by atoms with Crippen LogP contribution in [0.4, 0.5) is 0 Å². The quantitative estimate of drug-likeness (QED) is 0.619. The Labute approximate surface area is 83.2 Å². The van der Waals surface area contributed by atoms with E-state index in [0.29, 0.717) is 0 Å². The number of hydrogen-bond donors (Lipinski definition) is 0. The van der Waals surface area contributed by atoms with Gasteiger partial charge in [0, 0.05) is 12.2 Å². The molecule has 2 nitrogen and oxygen atoms in total. The van der Waals surface area contributed by atoms with Gasteiger partial charge >= 0.3 is 0 Å². The first kappa shape index (κ1) is 8.04. The van der Waals surface area contributed by atoms with Gasteiger partial charge in [-0.05, 0) is 49.0 Å². The SMILES string of the molecule is O=Cc1ccc2n1CC1=C2CCCC1. The number of aromatic nitrogens is 1. The Balaban J connectivity index is 2.10. The Morgan fingerprint density at radius 3 is 2.93 bits per heavy atom. The van der Waals surface area contributed by atoms with E-state index in [0.717, 1.165) is 18.5 Å². The number of hydrogen-bond acceptors (Lipinski definition) is 1. The molecule has 1 aliphatic carbocycles. The fourth-order valence-corrected chi connectivity index (χ4v) is 2.67. The van der Waals surface area contributed by atoms with Crippen LogP contribution in [0.5, 0.6) is 0 Å². The van der Waals surface area contributed by atoms with Crippen molar-refractivity contribution < 1.29 is 4.79 Å². The van der Waals surface area contributed by atoms with E-state index in [-0.39, 0.29) is 0 Å². The van der Waals surface area contributed by atoms with Gasteiger partial charge in [0.1, 0.15) is 0 Å². The number of rotatable bonds is 1. The average Bonchev–Trinajstić information content (AvgIpc) is 2.75. The number of aldehydes is 1. The zero-order valence-corrected chi connectivity index (χ0v) is 8.12. The van der Waals surface area contributed by atoms with Crippen molar-refractivity contribution in [2.75, 3.05) is 0 Å². The summed E-state index contributed by atoms with van der Waals surface area (Å²) in [5, 5.41) is 0. The van der Waals surface area contributed by atoms with Crippen molar-refractivity contribution in [2.24, 2.45) is 0 Å². The molecule has 0 unspecified atom stereocenters. The second kappa shape index (κ2) is 2.84. The van der Waals surface area contributed by atoms with Gasteiger partial charge in [0.05, 0.1) is 5.69 Å². The van der Waals surface area contributed by atoms with Gasteiger partial charge in [-0.15, -0.1) is 0 Å². The van der Waals surface area contributed by atoms with Crippen LogP contribution in [-0.2, 0) is 6.54 Å². The molecule has 0 bridgehead atoms. The number of allylic oxidation sites excluding steroid dienone is 2. The van der Waals surface area contributed by atoms with Gasteiger partial charge in [-0.1, -0.05) is 0 Å². The highest BCUT2D eigenvalue weighted by atomic mass is 16.1. The zero-order valence-electron chi connectivity index (χ0n) is 8.12. The molecule has 1 aromatic heterocycles. The van der Waals surface area contributed by atoms with Crippen LogP contribution in [0.1, 0.15) is 41.9 Å². The van der Waals surface area contributed by atoms with Gasteiger partial charge in [-0.25, -0.2) is 0 Å². The molecule has 0 atom stereocenters. The highest BCUT2D eigenvalue weighted by Crippen LogP contribution is 2.38. The summed E-state index contributed by atoms with van der Waals surface area (Å²) in [6.45, 7) is 0.964. The number of carbonyl (C=O) groups excluding carboxylic acids is 1. The molecule has 14 heavy (non-hydrogen) atoms. The van der Waals surface area contributed by atoms with Crippen LogP contribution in [0.15, 0.2) is 17.7 Å². The summed E-state index contributed by atoms with van der Waals surface area (Å²) in [4.78, 5) is 10.8. The van der Waals surface area contributed by atoms with E-state index in [4.69, 9.17) is 0 Å². The Kier molecular flexibility index (Phi) is 1.63. The van der Waals surface area contributed by atoms with Crippen LogP contribution in [-0.4, -0.2) is 10.9 Å². The molecule has 2 aliphatic rings. The van der Waals surface area contributed by atoms with Crippen molar-refractivity contribution in [3.8, 4) is 0 Å². The number of fused-ring (bicyclic) bond motifs is 2. The van der Waals surface area contributed by atoms with E-state index in [1.807, 2.05) is 6.07 Å². The van der Waals surface area contributed by atoms with Crippen molar-refractivity contribution in [3.63, 3.8) is 0 Å². The van der Waals surface area contributed by atoms with Crippen molar-refractivity contribution in [2.45, 2.75) is 32.2 Å². The molecular formula is C12H13NO. The van der Waals surface area contributed by atoms with E-state index >= 15 is 0 Å². The summed E-state index contributed by atoms with van der Waals surface area (Å²) < 4.78 is 2.16. The van der Waals surface area contributed by atoms with Crippen molar-refractivity contribution >= 4 is 11.9 Å². The van der Waals surface area contributed by atoms with Crippen LogP contribution in [0.2, 0.25) is 0 Å². The van der Waals surface area contributed by atoms with Crippen molar-refractivity contribution in [1.29, 1.82) is 0 Å². The Morgan fingerprint density at radius 1 is 1.21 bits per heavy atom. The Hall–Kier alpha value is -1.31. The number of nitrogens with zero attached hydrogens (tertiary/aromatic N) is 1. The first-order valence-electron chi connectivity index (χ1n) is 5.26. The predicted molar refractivity (Wildman–Crippen MR) is 55.2 cm³/mol. The van der Waals surface area contributed by atoms with Crippen LogP contribution in [0.25, 0.3) is 5.57 Å². The maximum atomic E-state index is 10.8. The third-order valence-electron chi connectivity index (χ3n) is 3.38. The lowest BCUT2D eigenvalue weighted by molar-refractivity contribution is 0.111. The summed E-state index contributed by atoms with van der Waals surface area (Å²) in [5.74, 6) is 0. The molecule has 2 heteroatoms. The molecule has 0 aromatic carbocycles. The fraction of sp³-hybridized carbons (Fsp3) is 0.417. The first-order chi connectivity index (χ1) is 6.90. The summed E-state index contributed by atoms with van der Waals surface area (Å²) in [6.07, 6.45) is 6.02. The normalized spacial score (nSPS) is 19.4. The molecule has 0 amide bonds. The minimum Gasteiger partial charge on any atom is -0.334 e. The first-order valence-corrected chi connectivity index (χ1v) is 5.26. The zero-order chi connectivity index (χ0) is 9.54. The lowest BCUT2D eigenvalue weighted by Gasteiger charge is -2.12. The molecule has 0 N–H and O–H groups in total. The maximum absolute atomic E-state index is 10.8. The minimum atomic E-state index is 0.828. The monoisotopic (exact) mass is 187 g/mol. The topological polar surface area (TPSA) is 22.0 Å². The molecule has 1 aliphatic heterocycles. The van der Waals surface area contributed by atoms with Gasteiger partial charge < -0.3 is 4.57 Å². The van der Waals surface area contributed by atoms with E-state index in [2.05, 4.69) is 10.6 Å². The second-order valence-corrected chi connectivity index (χ2v) is 4.14. The molecular weight excluding hydrogens is 174 g/mol. The summed E-state index contributed by atoms with van der Waals surface area (Å²) >= 11 is 0. The fourth-order valence-electron chi connectivity index (χ4n) is 2.67. The van der Waals surface area contributed by atoms with Gasteiger partial charge in [-0.2, -0.15) is 0 Å². The second-order valence-electron chi connectivity index (χ2n) is 4.14. The Morgan fingerprint density at radius 2 is 2.07 bits per heavy atom. The van der Waals surface area contributed by atoms with Crippen LogP contribution in [0, 0.1) is 0 Å². The summed E-state index contributed by atoms with van der Waals surface area (Å²) in [7, 11) is 0. The van der Waals surface area contributed by atoms with Crippen LogP contribution < -0.4 is 0 Å². The minimum absolute atomic E-state index is 0.828. The largest absolute Gasteiger partial charge is 0.334 e. The molecule has 0 saturated heterocycles. The highest BCUT2D eigenvalue weighted by Gasteiger charge is 2.24. The van der Waals surface area contributed by atoms with Crippen molar-refractivity contribution in [3.05, 3.63) is 29.1 Å². The number of carbonyl (C=O) groups is 1. The van der Waals surface area contributed by atoms with E-state index in [1.54, 1.807) is 5.57 Å². The van der Waals surface area contributed by atoms with E-state index < -0.39 is 0 Å². The highest BCUT2D eigenvalue weighted by molar-refractivity contribution is 5.79. The molecule has 0 saturated carbocycles. The van der Waals surface area contributed by atoms with Gasteiger partial charge in [0.25, 0.3) is 0 Å². The molecule has 3 rings (SSSR count). The smallest absolute Gasteiger partial charge is 0.166 e. The predicted octanol–water partition coefficient (Wildman–Crippen LogP) is 2.64. The van der Waals surface area contributed by atoms with Gasteiger partial charge in [-0.3, -0.25) is 4.79 Å². The Bertz CT molecular complexity index is 426. The lowest BCUT2D eigenvalue weighted by atomic mass is 9.92. The molecule has 0 spiro atoms. The molecule has 72 valence electrons. The lowest BCUT2D eigenvalue weighted by Crippen LogP contribution is -2.00. The molecule has 0 fully saturated rings. The molecule has 2 heterocycles. The van der Waals surface area contributed by atoms with Crippen LogP contribution in [0.3, 0.4) is 0 Å². The standard InChI is InChI=1S/C12H13NO/c14-8-10-5-6-12-11-4-2-1-3-9(11)7-13(10)12/h5-6,8H,1-4,7H2. The van der Waals surface area contributed by atoms with Crippen molar-refractivity contribution in [1.82, 2.24) is 4.57 Å². The van der Waals surface area contributed by atoms with Gasteiger partial charge in [0.2, 0.25) is 0 Å². The third-order valence-corrected chi connectivity index (χ3v) is 3.38. The molecule has 0 radical (unpaired) electrons. The third kappa shape index (κ3) is 0.939. The maximum Gasteiger partial charge on any atom is 0.166 e. The van der Waals surface area contributed by atoms with E-state index in [1.165, 1.54) is 37.0 Å². The molecule has 1 aromatic rings. The summed E-state index contributed by atoms with van der Waals surface area (Å²) in [5.41, 5.74) is 5.20. The summed E-state index contributed by atoms with van der Waals surface area (Å²) in [6, 6.07) is 4.03. The van der Waals surface area contributed by atoms with Crippen LogP contribution >= 0.6 is 0 Å². The average molecular weight is 187 g/mol. The van der Waals surface area contributed by atoms with Gasteiger partial charge in [0.15, 0.2) is 6.29 Å². The van der Waals surface area contributed by atoms with E-state index in [9.17, 15) is 4.79 Å².